The number of aliphatic imine (C=N–C) groups is 1. The Kier molecular flexibility index (Phi) is 4.50. The number of thioether (sulfide) groups is 1. The van der Waals surface area contributed by atoms with E-state index in [1.165, 1.54) is 4.91 Å². The molecule has 0 N–H and O–H groups in total. The molecule has 0 aromatic carbocycles. The van der Waals surface area contributed by atoms with E-state index in [1.807, 2.05) is 5.55 Å². The molecule has 0 saturated heterocycles. The Morgan fingerprint density at radius 1 is 1.67 bits per heavy atom. The second-order valence-corrected chi connectivity index (χ2v) is 3.07. The number of hydrogen-bond acceptors (Lipinski definition) is 2. The predicted octanol–water partition coefficient (Wildman–Crippen LogP) is 2.55. The first kappa shape index (κ1) is 8.76. The average molecular weight is 143 g/mol. The van der Waals surface area contributed by atoms with Crippen LogP contribution in [-0.2, 0) is 0 Å². The summed E-state index contributed by atoms with van der Waals surface area (Å²) in [4.78, 5) is 5.00. The molecule has 9 heavy (non-hydrogen) atoms. The molecule has 0 fully saturated rings. The number of allylic oxidation sites excluding steroid dienone is 1. The molecule has 52 valence electrons. The molecule has 0 aromatic rings. The molecule has 0 atom stereocenters. The van der Waals surface area contributed by atoms with Gasteiger partial charge in [0.15, 0.2) is 0 Å². The summed E-state index contributed by atoms with van der Waals surface area (Å²) in [6, 6.07) is 0. The van der Waals surface area contributed by atoms with Crippen molar-refractivity contribution in [3.05, 3.63) is 11.5 Å². The van der Waals surface area contributed by atoms with Crippen molar-refractivity contribution >= 4 is 17.3 Å². The molecular weight excluding hydrogens is 130 g/mol. The molecule has 0 bridgehead atoms. The lowest BCUT2D eigenvalue weighted by Crippen LogP contribution is -1.85. The molecule has 0 heterocycles. The van der Waals surface area contributed by atoms with E-state index < -0.39 is 0 Å². The molecule has 0 aliphatic carbocycles. The minimum atomic E-state index is 0.549. The highest BCUT2D eigenvalue weighted by molar-refractivity contribution is 8.15. The maximum absolute atomic E-state index is 3.86. The van der Waals surface area contributed by atoms with Gasteiger partial charge in [0.1, 0.15) is 0 Å². The SMILES string of the molecule is C=C(SC=NC)C(C)C. The highest BCUT2D eigenvalue weighted by atomic mass is 32.2. The van der Waals surface area contributed by atoms with Gasteiger partial charge in [0.2, 0.25) is 0 Å². The lowest BCUT2D eigenvalue weighted by molar-refractivity contribution is 0.821. The van der Waals surface area contributed by atoms with E-state index in [-0.39, 0.29) is 0 Å². The Hall–Kier alpha value is -0.240. The maximum atomic E-state index is 3.86. The summed E-state index contributed by atoms with van der Waals surface area (Å²) in [7, 11) is 1.76. The van der Waals surface area contributed by atoms with Gasteiger partial charge in [-0.25, -0.2) is 0 Å². The third-order valence-electron chi connectivity index (χ3n) is 0.953. The van der Waals surface area contributed by atoms with E-state index >= 15 is 0 Å². The molecule has 0 amide bonds. The molecule has 0 aliphatic heterocycles. The summed E-state index contributed by atoms with van der Waals surface area (Å²) >= 11 is 1.60. The van der Waals surface area contributed by atoms with Gasteiger partial charge >= 0.3 is 0 Å². The topological polar surface area (TPSA) is 12.4 Å². The Morgan fingerprint density at radius 3 is 2.56 bits per heavy atom. The van der Waals surface area contributed by atoms with Crippen LogP contribution >= 0.6 is 11.8 Å². The number of hydrogen-bond donors (Lipinski definition) is 0. The molecule has 2 heteroatoms. The Bertz CT molecular complexity index is 116. The molecule has 0 aliphatic rings. The van der Waals surface area contributed by atoms with Crippen molar-refractivity contribution in [2.45, 2.75) is 13.8 Å². The summed E-state index contributed by atoms with van der Waals surface area (Å²) in [5.41, 5.74) is 1.81. The monoisotopic (exact) mass is 143 g/mol. The standard InChI is InChI=1S/C7H13NS/c1-6(2)7(3)9-5-8-4/h5-6H,3H2,1-2,4H3. The molecule has 0 unspecified atom stereocenters. The van der Waals surface area contributed by atoms with Crippen molar-refractivity contribution < 1.29 is 0 Å². The van der Waals surface area contributed by atoms with Gasteiger partial charge in [0.05, 0.1) is 5.55 Å². The molecule has 0 saturated carbocycles. The molecule has 1 nitrogen and oxygen atoms in total. The van der Waals surface area contributed by atoms with Gasteiger partial charge < -0.3 is 0 Å². The van der Waals surface area contributed by atoms with Gasteiger partial charge in [-0.15, -0.1) is 0 Å². The highest BCUT2D eigenvalue weighted by Gasteiger charge is 1.96. The summed E-state index contributed by atoms with van der Waals surface area (Å²) in [6.45, 7) is 8.11. The van der Waals surface area contributed by atoms with Gasteiger partial charge in [-0.05, 0) is 10.8 Å². The van der Waals surface area contributed by atoms with Crippen LogP contribution in [0.25, 0.3) is 0 Å². The van der Waals surface area contributed by atoms with Crippen LogP contribution in [0.4, 0.5) is 0 Å². The second kappa shape index (κ2) is 4.62. The molecule has 0 rings (SSSR count). The quantitative estimate of drug-likeness (QED) is 0.437. The molecule has 0 radical (unpaired) electrons. The van der Waals surface area contributed by atoms with E-state index in [4.69, 9.17) is 0 Å². The first-order valence-corrected chi connectivity index (χ1v) is 3.82. The number of nitrogens with zero attached hydrogens (tertiary/aromatic N) is 1. The van der Waals surface area contributed by atoms with Crippen LogP contribution in [0.5, 0.6) is 0 Å². The predicted molar refractivity (Wildman–Crippen MR) is 46.0 cm³/mol. The minimum absolute atomic E-state index is 0.549. The van der Waals surface area contributed by atoms with Crippen LogP contribution in [-0.4, -0.2) is 12.6 Å². The minimum Gasteiger partial charge on any atom is -0.289 e. The summed E-state index contributed by atoms with van der Waals surface area (Å²) in [5, 5.41) is 0. The van der Waals surface area contributed by atoms with Crippen molar-refractivity contribution in [3.63, 3.8) is 0 Å². The Balaban J connectivity index is 3.51. The second-order valence-electron chi connectivity index (χ2n) is 2.10. The first-order chi connectivity index (χ1) is 4.18. The van der Waals surface area contributed by atoms with E-state index in [1.54, 1.807) is 18.8 Å². The Morgan fingerprint density at radius 2 is 2.22 bits per heavy atom. The van der Waals surface area contributed by atoms with Crippen molar-refractivity contribution in [1.29, 1.82) is 0 Å². The van der Waals surface area contributed by atoms with E-state index in [9.17, 15) is 0 Å². The average Bonchev–Trinajstić information content (AvgIpc) is 1.82. The summed E-state index contributed by atoms with van der Waals surface area (Å²) < 4.78 is 0. The van der Waals surface area contributed by atoms with Crippen LogP contribution in [0.1, 0.15) is 13.8 Å². The van der Waals surface area contributed by atoms with Crippen LogP contribution in [0.15, 0.2) is 16.5 Å². The van der Waals surface area contributed by atoms with Crippen LogP contribution in [0.2, 0.25) is 0 Å². The van der Waals surface area contributed by atoms with Gasteiger partial charge in [0.25, 0.3) is 0 Å². The number of rotatable bonds is 3. The smallest absolute Gasteiger partial charge is 0.0582 e. The van der Waals surface area contributed by atoms with Crippen molar-refractivity contribution in [2.24, 2.45) is 10.9 Å². The van der Waals surface area contributed by atoms with Gasteiger partial charge in [-0.1, -0.05) is 32.2 Å². The zero-order valence-corrected chi connectivity index (χ0v) is 7.03. The fourth-order valence-corrected chi connectivity index (χ4v) is 0.769. The van der Waals surface area contributed by atoms with E-state index in [2.05, 4.69) is 25.4 Å². The normalized spacial score (nSPS) is 11.1. The first-order valence-electron chi connectivity index (χ1n) is 2.94. The van der Waals surface area contributed by atoms with E-state index in [0.29, 0.717) is 5.92 Å². The largest absolute Gasteiger partial charge is 0.289 e. The molecular formula is C7H13NS. The molecule has 0 spiro atoms. The van der Waals surface area contributed by atoms with Crippen molar-refractivity contribution in [3.8, 4) is 0 Å². The van der Waals surface area contributed by atoms with Gasteiger partial charge in [-0.3, -0.25) is 4.99 Å². The zero-order valence-electron chi connectivity index (χ0n) is 6.22. The third kappa shape index (κ3) is 4.28. The van der Waals surface area contributed by atoms with Gasteiger partial charge in [0, 0.05) is 7.05 Å². The maximum Gasteiger partial charge on any atom is 0.0582 e. The fraction of sp³-hybridized carbons (Fsp3) is 0.571. The van der Waals surface area contributed by atoms with Crippen molar-refractivity contribution in [1.82, 2.24) is 0 Å². The molecule has 0 aromatic heterocycles. The van der Waals surface area contributed by atoms with Crippen LogP contribution in [0.3, 0.4) is 0 Å². The lowest BCUT2D eigenvalue weighted by atomic mass is 10.2. The van der Waals surface area contributed by atoms with Crippen LogP contribution in [0, 0.1) is 5.92 Å². The van der Waals surface area contributed by atoms with E-state index in [0.717, 1.165) is 0 Å². The lowest BCUT2D eigenvalue weighted by Gasteiger charge is -2.02. The summed E-state index contributed by atoms with van der Waals surface area (Å²) in [5.74, 6) is 0.549. The summed E-state index contributed by atoms with van der Waals surface area (Å²) in [6.07, 6.45) is 0. The highest BCUT2D eigenvalue weighted by Crippen LogP contribution is 2.18. The zero-order chi connectivity index (χ0) is 7.28. The van der Waals surface area contributed by atoms with Crippen LogP contribution < -0.4 is 0 Å². The third-order valence-corrected chi connectivity index (χ3v) is 2.04. The fourth-order valence-electron chi connectivity index (χ4n) is 0.256. The van der Waals surface area contributed by atoms with Crippen molar-refractivity contribution in [2.75, 3.05) is 7.05 Å². The van der Waals surface area contributed by atoms with Gasteiger partial charge in [-0.2, -0.15) is 0 Å². The Labute approximate surface area is 61.3 Å².